The number of primary amides is 1. The van der Waals surface area contributed by atoms with Crippen molar-refractivity contribution in [2.24, 2.45) is 5.73 Å². The second-order valence-corrected chi connectivity index (χ2v) is 8.02. The summed E-state index contributed by atoms with van der Waals surface area (Å²) in [5.41, 5.74) is 9.34. The van der Waals surface area contributed by atoms with E-state index in [1.807, 2.05) is 50.2 Å². The number of hydrogen-bond acceptors (Lipinski definition) is 5. The Bertz CT molecular complexity index is 1520. The maximum Gasteiger partial charge on any atom is 0.252 e. The Labute approximate surface area is 194 Å². The lowest BCUT2D eigenvalue weighted by atomic mass is 10.1. The van der Waals surface area contributed by atoms with E-state index in [4.69, 9.17) is 10.8 Å². The second-order valence-electron chi connectivity index (χ2n) is 8.02. The second kappa shape index (κ2) is 8.43. The molecule has 4 heterocycles. The lowest BCUT2D eigenvalue weighted by Crippen LogP contribution is -2.10. The number of anilines is 1. The fraction of sp³-hybridized carbons (Fsp3) is 0.120. The van der Waals surface area contributed by atoms with E-state index in [9.17, 15) is 9.18 Å². The summed E-state index contributed by atoms with van der Waals surface area (Å²) in [7, 11) is 0. The van der Waals surface area contributed by atoms with Crippen molar-refractivity contribution in [2.45, 2.75) is 19.9 Å². The molecule has 1 aromatic carbocycles. The van der Waals surface area contributed by atoms with E-state index < -0.39 is 5.91 Å². The molecule has 0 saturated heterocycles. The van der Waals surface area contributed by atoms with Crippen LogP contribution >= 0.6 is 0 Å². The average molecular weight is 455 g/mol. The van der Waals surface area contributed by atoms with E-state index in [-0.39, 0.29) is 11.9 Å². The molecule has 4 aromatic heterocycles. The number of hydrogen-bond donors (Lipinski definition) is 2. The van der Waals surface area contributed by atoms with E-state index in [0.717, 1.165) is 17.0 Å². The molecule has 0 fully saturated rings. The standard InChI is InChI=1S/C25H22FN7O/c1-15-6-5-9-24(29-15)33-21(17-10-11-32-22(12-17)19(14-28-32)25(27)34)13-23(31-33)30-16(2)18-7-3-4-8-20(18)26/h3-14,16H,1-2H3,(H2,27,34)(H,30,31). The van der Waals surface area contributed by atoms with Gasteiger partial charge in [-0.1, -0.05) is 24.3 Å². The van der Waals surface area contributed by atoms with Crippen LogP contribution in [0.25, 0.3) is 22.6 Å². The number of pyridine rings is 2. The van der Waals surface area contributed by atoms with Gasteiger partial charge in [0.2, 0.25) is 0 Å². The minimum atomic E-state index is -0.554. The van der Waals surface area contributed by atoms with Crippen molar-refractivity contribution in [3.63, 3.8) is 0 Å². The van der Waals surface area contributed by atoms with Gasteiger partial charge in [-0.25, -0.2) is 18.6 Å². The molecule has 0 aliphatic rings. The highest BCUT2D eigenvalue weighted by atomic mass is 19.1. The number of nitrogens with one attached hydrogen (secondary N) is 1. The predicted molar refractivity (Wildman–Crippen MR) is 127 cm³/mol. The Balaban J connectivity index is 1.62. The van der Waals surface area contributed by atoms with Crippen LogP contribution in [0, 0.1) is 12.7 Å². The highest BCUT2D eigenvalue weighted by Gasteiger charge is 2.18. The molecule has 5 aromatic rings. The van der Waals surface area contributed by atoms with Crippen LogP contribution in [0.3, 0.4) is 0 Å². The zero-order valence-corrected chi connectivity index (χ0v) is 18.6. The number of fused-ring (bicyclic) bond motifs is 1. The van der Waals surface area contributed by atoms with E-state index in [0.29, 0.717) is 28.3 Å². The molecule has 0 radical (unpaired) electrons. The highest BCUT2D eigenvalue weighted by Crippen LogP contribution is 2.29. The molecule has 0 spiro atoms. The van der Waals surface area contributed by atoms with Crippen molar-refractivity contribution >= 4 is 17.2 Å². The fourth-order valence-corrected chi connectivity index (χ4v) is 3.93. The minimum Gasteiger partial charge on any atom is -0.365 e. The normalized spacial score (nSPS) is 12.1. The summed E-state index contributed by atoms with van der Waals surface area (Å²) < 4.78 is 17.6. The molecule has 1 unspecified atom stereocenters. The number of nitrogens with zero attached hydrogens (tertiary/aromatic N) is 5. The molecule has 34 heavy (non-hydrogen) atoms. The summed E-state index contributed by atoms with van der Waals surface area (Å²) in [4.78, 5) is 16.5. The van der Waals surface area contributed by atoms with Gasteiger partial charge >= 0.3 is 0 Å². The molecule has 0 aliphatic carbocycles. The molecule has 8 nitrogen and oxygen atoms in total. The van der Waals surface area contributed by atoms with E-state index in [1.54, 1.807) is 33.6 Å². The van der Waals surface area contributed by atoms with Crippen molar-refractivity contribution in [3.8, 4) is 17.1 Å². The number of carbonyl (C=O) groups is 1. The highest BCUT2D eigenvalue weighted by molar-refractivity contribution is 6.00. The first-order valence-electron chi connectivity index (χ1n) is 10.7. The van der Waals surface area contributed by atoms with Crippen LogP contribution in [0.1, 0.15) is 34.6 Å². The molecule has 0 saturated carbocycles. The summed E-state index contributed by atoms with van der Waals surface area (Å²) in [6, 6.07) is 17.6. The van der Waals surface area contributed by atoms with Gasteiger partial charge in [0.1, 0.15) is 11.6 Å². The molecule has 0 bridgehead atoms. The Morgan fingerprint density at radius 1 is 1.12 bits per heavy atom. The number of aromatic nitrogens is 5. The Hall–Kier alpha value is -4.53. The fourth-order valence-electron chi connectivity index (χ4n) is 3.93. The Kier molecular flexibility index (Phi) is 5.29. The monoisotopic (exact) mass is 455 g/mol. The summed E-state index contributed by atoms with van der Waals surface area (Å²) in [5.74, 6) is 0.345. The molecular formula is C25H22FN7O. The Morgan fingerprint density at radius 2 is 1.94 bits per heavy atom. The molecule has 170 valence electrons. The zero-order valence-electron chi connectivity index (χ0n) is 18.6. The smallest absolute Gasteiger partial charge is 0.252 e. The first kappa shape index (κ1) is 21.3. The molecular weight excluding hydrogens is 433 g/mol. The molecule has 1 atom stereocenters. The topological polar surface area (TPSA) is 103 Å². The van der Waals surface area contributed by atoms with Crippen LogP contribution in [-0.4, -0.2) is 30.3 Å². The SMILES string of the molecule is Cc1cccc(-n2nc(NC(C)c3ccccc3F)cc2-c2ccn3ncc(C(N)=O)c3c2)n1. The van der Waals surface area contributed by atoms with Gasteiger partial charge in [-0.2, -0.15) is 5.10 Å². The molecule has 9 heteroatoms. The van der Waals surface area contributed by atoms with Crippen molar-refractivity contribution in [2.75, 3.05) is 5.32 Å². The Morgan fingerprint density at radius 3 is 2.71 bits per heavy atom. The number of amides is 1. The van der Waals surface area contributed by atoms with Crippen LogP contribution in [0.15, 0.2) is 73.1 Å². The van der Waals surface area contributed by atoms with Gasteiger partial charge in [-0.3, -0.25) is 4.79 Å². The summed E-state index contributed by atoms with van der Waals surface area (Å²) in [5, 5.41) is 12.2. The maximum absolute atomic E-state index is 14.3. The minimum absolute atomic E-state index is 0.285. The molecule has 0 aliphatic heterocycles. The number of rotatable bonds is 6. The van der Waals surface area contributed by atoms with Gasteiger partial charge < -0.3 is 11.1 Å². The zero-order chi connectivity index (χ0) is 23.8. The number of benzene rings is 1. The van der Waals surface area contributed by atoms with E-state index >= 15 is 0 Å². The summed E-state index contributed by atoms with van der Waals surface area (Å²) in [6.07, 6.45) is 3.21. The van der Waals surface area contributed by atoms with Crippen LogP contribution in [0.4, 0.5) is 10.2 Å². The van der Waals surface area contributed by atoms with Gasteiger partial charge in [0.05, 0.1) is 29.0 Å². The summed E-state index contributed by atoms with van der Waals surface area (Å²) >= 11 is 0. The first-order chi connectivity index (χ1) is 16.4. The number of aryl methyl sites for hydroxylation is 1. The molecule has 5 rings (SSSR count). The molecule has 3 N–H and O–H groups in total. The van der Waals surface area contributed by atoms with Crippen LogP contribution in [-0.2, 0) is 0 Å². The number of halogens is 1. The van der Waals surface area contributed by atoms with Crippen LogP contribution in [0.5, 0.6) is 0 Å². The van der Waals surface area contributed by atoms with Gasteiger partial charge in [0.15, 0.2) is 5.82 Å². The van der Waals surface area contributed by atoms with Crippen LogP contribution < -0.4 is 11.1 Å². The third kappa shape index (κ3) is 3.88. The largest absolute Gasteiger partial charge is 0.365 e. The number of nitrogens with two attached hydrogens (primary N) is 1. The predicted octanol–water partition coefficient (Wildman–Crippen LogP) is 4.30. The maximum atomic E-state index is 14.3. The number of carbonyl (C=O) groups excluding carboxylic acids is 1. The van der Waals surface area contributed by atoms with Crippen molar-refractivity contribution in [3.05, 3.63) is 95.7 Å². The van der Waals surface area contributed by atoms with Gasteiger partial charge in [-0.05, 0) is 44.2 Å². The lowest BCUT2D eigenvalue weighted by molar-refractivity contribution is 0.100. The van der Waals surface area contributed by atoms with Gasteiger partial charge in [0, 0.05) is 29.1 Å². The third-order valence-electron chi connectivity index (χ3n) is 5.62. The van der Waals surface area contributed by atoms with Crippen molar-refractivity contribution in [1.29, 1.82) is 0 Å². The quantitative estimate of drug-likeness (QED) is 0.397. The van der Waals surface area contributed by atoms with Gasteiger partial charge in [0.25, 0.3) is 5.91 Å². The lowest BCUT2D eigenvalue weighted by Gasteiger charge is -2.14. The van der Waals surface area contributed by atoms with Crippen molar-refractivity contribution < 1.29 is 9.18 Å². The van der Waals surface area contributed by atoms with E-state index in [1.165, 1.54) is 12.3 Å². The third-order valence-corrected chi connectivity index (χ3v) is 5.62. The summed E-state index contributed by atoms with van der Waals surface area (Å²) in [6.45, 7) is 3.78. The average Bonchev–Trinajstić information content (AvgIpc) is 3.43. The molecule has 1 amide bonds. The first-order valence-corrected chi connectivity index (χ1v) is 10.7. The van der Waals surface area contributed by atoms with Crippen molar-refractivity contribution in [1.82, 2.24) is 24.4 Å². The van der Waals surface area contributed by atoms with E-state index in [2.05, 4.69) is 15.4 Å². The van der Waals surface area contributed by atoms with Gasteiger partial charge in [-0.15, -0.1) is 5.10 Å². The van der Waals surface area contributed by atoms with Crippen LogP contribution in [0.2, 0.25) is 0 Å².